The van der Waals surface area contributed by atoms with Crippen LogP contribution in [0.1, 0.15) is 11.4 Å². The maximum Gasteiger partial charge on any atom is 0.262 e. The number of hydrogen-bond donors (Lipinski definition) is 0. The van der Waals surface area contributed by atoms with Gasteiger partial charge >= 0.3 is 0 Å². The first-order valence-corrected chi connectivity index (χ1v) is 9.46. The molecule has 0 bridgehead atoms. The van der Waals surface area contributed by atoms with Crippen LogP contribution in [0.15, 0.2) is 50.1 Å². The number of fused-ring (bicyclic) bond motifs is 3. The molecule has 2 aromatic carbocycles. The van der Waals surface area contributed by atoms with Crippen molar-refractivity contribution in [2.24, 2.45) is 7.05 Å². The molecule has 4 rings (SSSR count). The van der Waals surface area contributed by atoms with E-state index in [4.69, 9.17) is 4.74 Å². The lowest BCUT2D eigenvalue weighted by molar-refractivity contribution is 0.291. The number of para-hydroxylation sites is 1. The van der Waals surface area contributed by atoms with Crippen molar-refractivity contribution in [3.63, 3.8) is 0 Å². The molecule has 0 unspecified atom stereocenters. The maximum atomic E-state index is 12.5. The number of aryl methyl sites for hydroxylation is 2. The van der Waals surface area contributed by atoms with E-state index < -0.39 is 0 Å². The highest BCUT2D eigenvalue weighted by Gasteiger charge is 2.16. The monoisotopic (exact) mass is 476 g/mol. The highest BCUT2D eigenvalue weighted by atomic mass is 79.9. The van der Waals surface area contributed by atoms with Crippen LogP contribution < -0.4 is 10.3 Å². The summed E-state index contributed by atoms with van der Waals surface area (Å²) < 4.78 is 11.1. The van der Waals surface area contributed by atoms with E-state index in [0.29, 0.717) is 22.7 Å². The molecule has 132 valence electrons. The lowest BCUT2D eigenvalue weighted by Gasteiger charge is -2.11. The van der Waals surface area contributed by atoms with Gasteiger partial charge in [-0.15, -0.1) is 10.2 Å². The molecule has 0 spiro atoms. The molecule has 0 radical (unpaired) electrons. The van der Waals surface area contributed by atoms with Gasteiger partial charge in [-0.1, -0.05) is 12.1 Å². The van der Waals surface area contributed by atoms with Crippen molar-refractivity contribution in [3.8, 4) is 5.75 Å². The Balaban J connectivity index is 1.83. The molecule has 4 aromatic rings. The zero-order valence-electron chi connectivity index (χ0n) is 14.0. The Hall–Kier alpha value is -2.19. The largest absolute Gasteiger partial charge is 0.483 e. The van der Waals surface area contributed by atoms with Crippen molar-refractivity contribution >= 4 is 48.5 Å². The fourth-order valence-corrected chi connectivity index (χ4v) is 4.59. The number of ether oxygens (including phenoxy) is 1. The summed E-state index contributed by atoms with van der Waals surface area (Å²) in [5, 5.41) is 9.02. The third kappa shape index (κ3) is 2.73. The molecule has 0 saturated carbocycles. The summed E-state index contributed by atoms with van der Waals surface area (Å²) in [7, 11) is 1.69. The second-order valence-corrected chi connectivity index (χ2v) is 7.69. The summed E-state index contributed by atoms with van der Waals surface area (Å²) in [5.74, 6) is 1.79. The molecule has 0 aliphatic carbocycles. The van der Waals surface area contributed by atoms with Crippen molar-refractivity contribution in [2.45, 2.75) is 13.5 Å². The molecule has 2 heterocycles. The van der Waals surface area contributed by atoms with E-state index in [1.54, 1.807) is 13.1 Å². The van der Waals surface area contributed by atoms with Crippen LogP contribution in [-0.4, -0.2) is 19.2 Å². The van der Waals surface area contributed by atoms with Gasteiger partial charge in [-0.2, -0.15) is 0 Å². The second-order valence-electron chi connectivity index (χ2n) is 5.98. The molecular weight excluding hydrogens is 464 g/mol. The van der Waals surface area contributed by atoms with E-state index in [9.17, 15) is 4.79 Å². The summed E-state index contributed by atoms with van der Waals surface area (Å²) in [6.07, 6.45) is 0. The fourth-order valence-electron chi connectivity index (χ4n) is 2.95. The average Bonchev–Trinajstić information content (AvgIpc) is 3.03. The predicted molar refractivity (Wildman–Crippen MR) is 107 cm³/mol. The smallest absolute Gasteiger partial charge is 0.262 e. The first kappa shape index (κ1) is 17.2. The van der Waals surface area contributed by atoms with Crippen molar-refractivity contribution in [2.75, 3.05) is 0 Å². The third-order valence-corrected chi connectivity index (χ3v) is 5.36. The first-order valence-electron chi connectivity index (χ1n) is 7.87. The van der Waals surface area contributed by atoms with Gasteiger partial charge < -0.3 is 4.74 Å². The normalized spacial score (nSPS) is 11.4. The number of nitrogens with zero attached hydrogens (tertiary/aromatic N) is 4. The van der Waals surface area contributed by atoms with E-state index in [0.717, 1.165) is 20.0 Å². The van der Waals surface area contributed by atoms with Crippen LogP contribution in [0.3, 0.4) is 0 Å². The minimum Gasteiger partial charge on any atom is -0.483 e. The Bertz CT molecular complexity index is 1190. The lowest BCUT2D eigenvalue weighted by atomic mass is 10.2. The van der Waals surface area contributed by atoms with E-state index in [-0.39, 0.29) is 12.2 Å². The Morgan fingerprint density at radius 1 is 1.12 bits per heavy atom. The van der Waals surface area contributed by atoms with Gasteiger partial charge in [0.15, 0.2) is 5.82 Å². The maximum absolute atomic E-state index is 12.5. The van der Waals surface area contributed by atoms with Crippen LogP contribution in [0.5, 0.6) is 5.75 Å². The molecule has 26 heavy (non-hydrogen) atoms. The molecule has 0 fully saturated rings. The molecule has 0 N–H and O–H groups in total. The Labute approximate surface area is 165 Å². The Kier molecular flexibility index (Phi) is 4.32. The molecule has 0 atom stereocenters. The minimum absolute atomic E-state index is 0.100. The molecule has 8 heteroatoms. The van der Waals surface area contributed by atoms with Crippen molar-refractivity contribution in [1.82, 2.24) is 19.2 Å². The quantitative estimate of drug-likeness (QED) is 0.447. The molecule has 0 aliphatic heterocycles. The van der Waals surface area contributed by atoms with Gasteiger partial charge in [0.25, 0.3) is 5.56 Å². The van der Waals surface area contributed by atoms with E-state index >= 15 is 0 Å². The Morgan fingerprint density at radius 3 is 2.54 bits per heavy atom. The van der Waals surface area contributed by atoms with Gasteiger partial charge in [-0.05, 0) is 68.6 Å². The van der Waals surface area contributed by atoms with Gasteiger partial charge in [0.1, 0.15) is 12.4 Å². The predicted octanol–water partition coefficient (Wildman–Crippen LogP) is 3.99. The summed E-state index contributed by atoms with van der Waals surface area (Å²) in [4.78, 5) is 12.5. The average molecular weight is 478 g/mol. The third-order valence-electron chi connectivity index (χ3n) is 4.18. The summed E-state index contributed by atoms with van der Waals surface area (Å²) in [6.45, 7) is 2.22. The number of hydrogen-bond acceptors (Lipinski definition) is 4. The van der Waals surface area contributed by atoms with Crippen LogP contribution in [0.25, 0.3) is 16.7 Å². The van der Waals surface area contributed by atoms with E-state index in [1.807, 2.05) is 41.7 Å². The lowest BCUT2D eigenvalue weighted by Crippen LogP contribution is -2.20. The van der Waals surface area contributed by atoms with Gasteiger partial charge in [0.05, 0.1) is 19.8 Å². The van der Waals surface area contributed by atoms with Crippen LogP contribution >= 0.6 is 31.9 Å². The SMILES string of the molecule is Cc1cc(Br)c(OCc2nnc3n(C)c(=O)c4ccccc4n23)c(Br)c1. The summed E-state index contributed by atoms with van der Waals surface area (Å²) >= 11 is 7.06. The van der Waals surface area contributed by atoms with Gasteiger partial charge in [-0.25, -0.2) is 0 Å². The van der Waals surface area contributed by atoms with E-state index in [2.05, 4.69) is 42.1 Å². The standard InChI is InChI=1S/C18H14Br2N4O2/c1-10-7-12(19)16(13(20)8-10)26-9-15-21-22-18-23(2)17(25)11-5-3-4-6-14(11)24(15)18/h3-8H,9H2,1-2H3. The van der Waals surface area contributed by atoms with Gasteiger partial charge in [-0.3, -0.25) is 13.8 Å². The summed E-state index contributed by atoms with van der Waals surface area (Å²) in [5.41, 5.74) is 1.78. The van der Waals surface area contributed by atoms with Crippen molar-refractivity contribution in [3.05, 3.63) is 67.1 Å². The molecule has 0 amide bonds. The summed E-state index contributed by atoms with van der Waals surface area (Å²) in [6, 6.07) is 11.4. The molecule has 2 aromatic heterocycles. The zero-order chi connectivity index (χ0) is 18.4. The fraction of sp³-hybridized carbons (Fsp3) is 0.167. The molecule has 6 nitrogen and oxygen atoms in total. The van der Waals surface area contributed by atoms with Crippen molar-refractivity contribution < 1.29 is 4.74 Å². The molecule has 0 aliphatic rings. The van der Waals surface area contributed by atoms with E-state index in [1.165, 1.54) is 4.57 Å². The molecule has 0 saturated heterocycles. The number of aromatic nitrogens is 4. The van der Waals surface area contributed by atoms with Gasteiger partial charge in [0, 0.05) is 7.05 Å². The number of benzene rings is 2. The zero-order valence-corrected chi connectivity index (χ0v) is 17.2. The van der Waals surface area contributed by atoms with Crippen LogP contribution in [0, 0.1) is 6.92 Å². The highest BCUT2D eigenvalue weighted by Crippen LogP contribution is 2.35. The van der Waals surface area contributed by atoms with Crippen LogP contribution in [-0.2, 0) is 13.7 Å². The highest BCUT2D eigenvalue weighted by molar-refractivity contribution is 9.11. The topological polar surface area (TPSA) is 61.4 Å². The van der Waals surface area contributed by atoms with Crippen LogP contribution in [0.2, 0.25) is 0 Å². The first-order chi connectivity index (χ1) is 12.5. The van der Waals surface area contributed by atoms with Crippen molar-refractivity contribution in [1.29, 1.82) is 0 Å². The Morgan fingerprint density at radius 2 is 1.81 bits per heavy atom. The van der Waals surface area contributed by atoms with Gasteiger partial charge in [0.2, 0.25) is 5.78 Å². The van der Waals surface area contributed by atoms with Crippen LogP contribution in [0.4, 0.5) is 0 Å². The molecular formula is C18H14Br2N4O2. The second kappa shape index (κ2) is 6.51. The number of rotatable bonds is 3. The minimum atomic E-state index is -0.100. The number of halogens is 2.